The molecule has 0 aliphatic heterocycles. The SMILES string of the molecule is c1ccc(-c2ccc(-c3nc(-c4ccc(-c5ccccc5)cc4)nc(-c4ccc(-c5cccc(-c6ccc(-c7cccc8c7ccc7cccnc78)cc6)c5)cc4)n3)cc2)cc1. The minimum absolute atomic E-state index is 0.625. The molecular formula is C58H38N4. The first-order valence-electron chi connectivity index (χ1n) is 20.9. The van der Waals surface area contributed by atoms with Crippen molar-refractivity contribution in [2.75, 3.05) is 0 Å². The summed E-state index contributed by atoms with van der Waals surface area (Å²) >= 11 is 0. The Morgan fingerprint density at radius 1 is 0.242 bits per heavy atom. The topological polar surface area (TPSA) is 51.6 Å². The molecule has 0 amide bonds. The molecule has 0 saturated heterocycles. The lowest BCUT2D eigenvalue weighted by molar-refractivity contribution is 1.07. The minimum Gasteiger partial charge on any atom is -0.256 e. The third kappa shape index (κ3) is 7.20. The van der Waals surface area contributed by atoms with E-state index in [0.717, 1.165) is 55.4 Å². The number of rotatable bonds is 8. The Morgan fingerprint density at radius 3 is 1.15 bits per heavy atom. The van der Waals surface area contributed by atoms with E-state index in [1.807, 2.05) is 24.4 Å². The lowest BCUT2D eigenvalue weighted by Crippen LogP contribution is -2.00. The maximum Gasteiger partial charge on any atom is 0.164 e. The standard InChI is InChI=1S/C58H38N4/c1-3-10-39(11-4-1)41-21-29-47(30-22-41)56-60-57(48-31-23-42(24-32-48)40-12-5-2-6-13-40)62-58(61-56)49-33-25-44(26-34-49)51-15-7-14-50(38-51)43-19-27-45(28-20-43)52-17-8-18-54-53(52)36-35-46-16-9-37-59-55(46)54/h1-38H. The Bertz CT molecular complexity index is 3240. The van der Waals surface area contributed by atoms with Gasteiger partial charge in [-0.15, -0.1) is 0 Å². The first-order valence-corrected chi connectivity index (χ1v) is 20.9. The Balaban J connectivity index is 0.895. The van der Waals surface area contributed by atoms with Gasteiger partial charge in [-0.25, -0.2) is 15.0 Å². The van der Waals surface area contributed by atoms with Crippen molar-refractivity contribution in [2.45, 2.75) is 0 Å². The summed E-state index contributed by atoms with van der Waals surface area (Å²) in [6.45, 7) is 0. The second-order valence-corrected chi connectivity index (χ2v) is 15.5. The van der Waals surface area contributed by atoms with Gasteiger partial charge < -0.3 is 0 Å². The highest BCUT2D eigenvalue weighted by molar-refractivity contribution is 6.10. The predicted molar refractivity (Wildman–Crippen MR) is 256 cm³/mol. The zero-order chi connectivity index (χ0) is 41.2. The number of aromatic nitrogens is 4. The number of hydrogen-bond donors (Lipinski definition) is 0. The van der Waals surface area contributed by atoms with E-state index in [1.54, 1.807) is 0 Å². The van der Waals surface area contributed by atoms with E-state index in [9.17, 15) is 0 Å². The molecule has 0 radical (unpaired) electrons. The fourth-order valence-electron chi connectivity index (χ4n) is 8.33. The zero-order valence-electron chi connectivity index (χ0n) is 33.7. The van der Waals surface area contributed by atoms with Gasteiger partial charge >= 0.3 is 0 Å². The molecule has 4 nitrogen and oxygen atoms in total. The summed E-state index contributed by atoms with van der Waals surface area (Å²) in [5, 5.41) is 3.52. The Labute approximate surface area is 360 Å². The molecule has 0 atom stereocenters. The van der Waals surface area contributed by atoms with Gasteiger partial charge in [0.25, 0.3) is 0 Å². The predicted octanol–water partition coefficient (Wildman–Crippen LogP) is 14.9. The average Bonchev–Trinajstić information content (AvgIpc) is 3.37. The molecule has 0 unspecified atom stereocenters. The summed E-state index contributed by atoms with van der Waals surface area (Å²) in [5.74, 6) is 1.89. The van der Waals surface area contributed by atoms with E-state index in [1.165, 1.54) is 38.6 Å². The highest BCUT2D eigenvalue weighted by Crippen LogP contribution is 2.35. The summed E-state index contributed by atoms with van der Waals surface area (Å²) in [5.41, 5.74) is 15.4. The smallest absolute Gasteiger partial charge is 0.164 e. The number of fused-ring (bicyclic) bond motifs is 3. The molecule has 0 saturated carbocycles. The maximum absolute atomic E-state index is 5.06. The first-order chi connectivity index (χ1) is 30.7. The van der Waals surface area contributed by atoms with E-state index in [2.05, 4.69) is 206 Å². The zero-order valence-corrected chi connectivity index (χ0v) is 33.7. The molecule has 0 aliphatic rings. The number of nitrogens with zero attached hydrogens (tertiary/aromatic N) is 4. The van der Waals surface area contributed by atoms with Gasteiger partial charge in [0.15, 0.2) is 17.5 Å². The van der Waals surface area contributed by atoms with Crippen molar-refractivity contribution < 1.29 is 0 Å². The van der Waals surface area contributed by atoms with Crippen molar-refractivity contribution in [3.05, 3.63) is 231 Å². The molecule has 11 aromatic rings. The quantitative estimate of drug-likeness (QED) is 0.144. The lowest BCUT2D eigenvalue weighted by Gasteiger charge is -2.11. The molecule has 0 spiro atoms. The normalized spacial score (nSPS) is 11.2. The molecule has 2 aromatic heterocycles. The van der Waals surface area contributed by atoms with E-state index in [-0.39, 0.29) is 0 Å². The fourth-order valence-corrected chi connectivity index (χ4v) is 8.33. The largest absolute Gasteiger partial charge is 0.256 e. The van der Waals surface area contributed by atoms with Crippen LogP contribution in [0, 0.1) is 0 Å². The van der Waals surface area contributed by atoms with Crippen LogP contribution in [0.4, 0.5) is 0 Å². The van der Waals surface area contributed by atoms with Crippen molar-refractivity contribution >= 4 is 21.7 Å². The highest BCUT2D eigenvalue weighted by atomic mass is 15.0. The maximum atomic E-state index is 5.06. The van der Waals surface area contributed by atoms with Gasteiger partial charge in [0.05, 0.1) is 5.52 Å². The third-order valence-electron chi connectivity index (χ3n) is 11.6. The van der Waals surface area contributed by atoms with E-state index in [0.29, 0.717) is 17.5 Å². The van der Waals surface area contributed by atoms with E-state index >= 15 is 0 Å². The number of pyridine rings is 1. The lowest BCUT2D eigenvalue weighted by atomic mass is 9.94. The van der Waals surface area contributed by atoms with Crippen LogP contribution in [-0.2, 0) is 0 Å². The van der Waals surface area contributed by atoms with Crippen LogP contribution in [0.1, 0.15) is 0 Å². The Kier molecular flexibility index (Phi) is 9.49. The molecule has 11 rings (SSSR count). The van der Waals surface area contributed by atoms with E-state index < -0.39 is 0 Å². The fraction of sp³-hybridized carbons (Fsp3) is 0. The van der Waals surface area contributed by atoms with Gasteiger partial charge in [0.2, 0.25) is 0 Å². The molecule has 0 bridgehead atoms. The summed E-state index contributed by atoms with van der Waals surface area (Å²) in [7, 11) is 0. The van der Waals surface area contributed by atoms with Crippen molar-refractivity contribution in [1.29, 1.82) is 0 Å². The average molecular weight is 791 g/mol. The molecule has 0 aliphatic carbocycles. The van der Waals surface area contributed by atoms with Gasteiger partial charge in [-0.1, -0.05) is 212 Å². The summed E-state index contributed by atoms with van der Waals surface area (Å²) < 4.78 is 0. The number of benzene rings is 9. The van der Waals surface area contributed by atoms with Gasteiger partial charge in [-0.3, -0.25) is 4.98 Å². The third-order valence-corrected chi connectivity index (χ3v) is 11.6. The van der Waals surface area contributed by atoms with Crippen molar-refractivity contribution in [2.24, 2.45) is 0 Å². The van der Waals surface area contributed by atoms with Gasteiger partial charge in [0.1, 0.15) is 0 Å². The monoisotopic (exact) mass is 790 g/mol. The summed E-state index contributed by atoms with van der Waals surface area (Å²) in [6, 6.07) is 78.8. The second-order valence-electron chi connectivity index (χ2n) is 15.5. The van der Waals surface area contributed by atoms with Crippen LogP contribution in [0.2, 0.25) is 0 Å². The number of hydrogen-bond acceptors (Lipinski definition) is 4. The molecule has 0 N–H and O–H groups in total. The molecule has 62 heavy (non-hydrogen) atoms. The summed E-state index contributed by atoms with van der Waals surface area (Å²) in [4.78, 5) is 19.8. The molecule has 290 valence electrons. The van der Waals surface area contributed by atoms with Gasteiger partial charge in [0, 0.05) is 33.7 Å². The van der Waals surface area contributed by atoms with Crippen LogP contribution in [0.5, 0.6) is 0 Å². The van der Waals surface area contributed by atoms with Crippen LogP contribution in [0.25, 0.3) is 111 Å². The van der Waals surface area contributed by atoms with Gasteiger partial charge in [-0.2, -0.15) is 0 Å². The van der Waals surface area contributed by atoms with Crippen LogP contribution in [0.3, 0.4) is 0 Å². The van der Waals surface area contributed by atoms with Crippen molar-refractivity contribution in [3.8, 4) is 89.8 Å². The molecule has 9 aromatic carbocycles. The second kappa shape index (κ2) is 16.0. The van der Waals surface area contributed by atoms with Crippen LogP contribution in [0.15, 0.2) is 231 Å². The molecule has 0 fully saturated rings. The van der Waals surface area contributed by atoms with Gasteiger partial charge in [-0.05, 0) is 73.2 Å². The molecule has 2 heterocycles. The van der Waals surface area contributed by atoms with E-state index in [4.69, 9.17) is 19.9 Å². The molecular weight excluding hydrogens is 753 g/mol. The van der Waals surface area contributed by atoms with Crippen molar-refractivity contribution in [1.82, 2.24) is 19.9 Å². The molecule has 4 heteroatoms. The first kappa shape index (κ1) is 36.7. The van der Waals surface area contributed by atoms with Crippen LogP contribution < -0.4 is 0 Å². The van der Waals surface area contributed by atoms with Crippen molar-refractivity contribution in [3.63, 3.8) is 0 Å². The van der Waals surface area contributed by atoms with Crippen LogP contribution in [-0.4, -0.2) is 19.9 Å². The Hall–Kier alpha value is -8.34. The highest BCUT2D eigenvalue weighted by Gasteiger charge is 2.14. The van der Waals surface area contributed by atoms with Crippen LogP contribution >= 0.6 is 0 Å². The minimum atomic E-state index is 0.625. The summed E-state index contributed by atoms with van der Waals surface area (Å²) in [6.07, 6.45) is 1.87. The Morgan fingerprint density at radius 2 is 0.645 bits per heavy atom.